The predicted molar refractivity (Wildman–Crippen MR) is 146 cm³/mol. The van der Waals surface area contributed by atoms with Crippen LogP contribution in [-0.2, 0) is 9.53 Å². The van der Waals surface area contributed by atoms with E-state index in [-0.39, 0.29) is 42.4 Å². The maximum atomic E-state index is 13.6. The van der Waals surface area contributed by atoms with Crippen LogP contribution in [0.1, 0.15) is 56.4 Å². The van der Waals surface area contributed by atoms with Crippen molar-refractivity contribution in [3.63, 3.8) is 0 Å². The van der Waals surface area contributed by atoms with Crippen LogP contribution in [0.2, 0.25) is 0 Å². The van der Waals surface area contributed by atoms with Crippen molar-refractivity contribution < 1.29 is 29.1 Å². The molecule has 3 N–H and O–H groups in total. The monoisotopic (exact) mass is 529 g/mol. The van der Waals surface area contributed by atoms with Crippen LogP contribution in [-0.4, -0.2) is 53.5 Å². The maximum Gasteiger partial charge on any atom is 0.310 e. The molecule has 1 aliphatic rings. The van der Waals surface area contributed by atoms with Crippen LogP contribution in [0.3, 0.4) is 0 Å². The lowest BCUT2D eigenvalue weighted by Gasteiger charge is -2.31. The number of carbonyl (C=O) groups excluding carboxylic acids is 4. The summed E-state index contributed by atoms with van der Waals surface area (Å²) in [5, 5.41) is 11.8. The molecule has 4 rings (SSSR count). The zero-order chi connectivity index (χ0) is 27.9. The first-order chi connectivity index (χ1) is 18.8. The number of likely N-dealkylation sites (tertiary alicyclic amines) is 1. The number of nitrogens with zero attached hydrogens (tertiary/aromatic N) is 1. The molecule has 3 aromatic carbocycles. The number of amides is 3. The van der Waals surface area contributed by atoms with E-state index in [9.17, 15) is 19.2 Å². The lowest BCUT2D eigenvalue weighted by Crippen LogP contribution is -2.42. The molecule has 3 aromatic rings. The molecule has 0 bridgehead atoms. The average molecular weight is 530 g/mol. The number of nitrogens with one attached hydrogen (secondary N) is 2. The molecule has 3 amide bonds. The third-order valence-electron chi connectivity index (χ3n) is 6.66. The van der Waals surface area contributed by atoms with Crippen molar-refractivity contribution in [2.45, 2.75) is 26.7 Å². The summed E-state index contributed by atoms with van der Waals surface area (Å²) in [6, 6.07) is 18.7. The Balaban J connectivity index is 1.66. The second-order valence-corrected chi connectivity index (χ2v) is 9.48. The predicted octanol–water partition coefficient (Wildman–Crippen LogP) is 4.45. The fourth-order valence-electron chi connectivity index (χ4n) is 4.57. The Hall–Kier alpha value is -4.50. The van der Waals surface area contributed by atoms with E-state index in [4.69, 9.17) is 9.94 Å². The van der Waals surface area contributed by atoms with Gasteiger partial charge in [0.15, 0.2) is 0 Å². The van der Waals surface area contributed by atoms with E-state index in [2.05, 4.69) is 5.32 Å². The van der Waals surface area contributed by atoms with Gasteiger partial charge in [0.25, 0.3) is 17.7 Å². The number of piperidine rings is 1. The minimum atomic E-state index is -0.641. The Morgan fingerprint density at radius 1 is 0.897 bits per heavy atom. The summed E-state index contributed by atoms with van der Waals surface area (Å²) >= 11 is 0. The summed E-state index contributed by atoms with van der Waals surface area (Å²) in [7, 11) is 0. The Labute approximate surface area is 226 Å². The van der Waals surface area contributed by atoms with Gasteiger partial charge in [0.2, 0.25) is 0 Å². The van der Waals surface area contributed by atoms with E-state index in [1.165, 1.54) is 0 Å². The largest absolute Gasteiger partial charge is 0.466 e. The quantitative estimate of drug-likeness (QED) is 0.236. The third kappa shape index (κ3) is 6.69. The SMILES string of the molecule is CCOC(=O)C1CCCN(C(=O)c2cc(NC(=O)c3ccc(C)cc3)cc(-c3ccc(C(=O)NO)cc3)c2)C1. The van der Waals surface area contributed by atoms with Crippen LogP contribution in [0.4, 0.5) is 5.69 Å². The van der Waals surface area contributed by atoms with Crippen LogP contribution >= 0.6 is 0 Å². The molecule has 9 heteroatoms. The first-order valence-electron chi connectivity index (χ1n) is 12.8. The van der Waals surface area contributed by atoms with Crippen LogP contribution < -0.4 is 10.8 Å². The minimum Gasteiger partial charge on any atom is -0.466 e. The van der Waals surface area contributed by atoms with E-state index in [0.29, 0.717) is 47.3 Å². The van der Waals surface area contributed by atoms with Crippen molar-refractivity contribution in [3.8, 4) is 11.1 Å². The van der Waals surface area contributed by atoms with Crippen molar-refractivity contribution >= 4 is 29.4 Å². The fraction of sp³-hybridized carbons (Fsp3) is 0.267. The second-order valence-electron chi connectivity index (χ2n) is 9.48. The Kier molecular flexibility index (Phi) is 8.73. The van der Waals surface area contributed by atoms with E-state index < -0.39 is 5.91 Å². The number of rotatable bonds is 7. The van der Waals surface area contributed by atoms with Crippen LogP contribution in [0.25, 0.3) is 11.1 Å². The molecular weight excluding hydrogens is 498 g/mol. The molecule has 0 aromatic heterocycles. The van der Waals surface area contributed by atoms with Gasteiger partial charge in [0, 0.05) is 35.5 Å². The number of esters is 1. The summed E-state index contributed by atoms with van der Waals surface area (Å²) in [4.78, 5) is 52.3. The number of ether oxygens (including phenoxy) is 1. The molecule has 0 aliphatic carbocycles. The molecule has 0 radical (unpaired) electrons. The first kappa shape index (κ1) is 27.5. The number of hydroxylamine groups is 1. The fourth-order valence-corrected chi connectivity index (χ4v) is 4.57. The number of anilines is 1. The van der Waals surface area contributed by atoms with Crippen molar-refractivity contribution in [2.24, 2.45) is 5.92 Å². The molecular formula is C30H31N3O6. The van der Waals surface area contributed by atoms with E-state index in [0.717, 1.165) is 5.56 Å². The molecule has 39 heavy (non-hydrogen) atoms. The highest BCUT2D eigenvalue weighted by Gasteiger charge is 2.30. The molecule has 9 nitrogen and oxygen atoms in total. The smallest absolute Gasteiger partial charge is 0.310 e. The Morgan fingerprint density at radius 2 is 1.56 bits per heavy atom. The summed E-state index contributed by atoms with van der Waals surface area (Å²) < 4.78 is 5.17. The molecule has 1 atom stereocenters. The zero-order valence-corrected chi connectivity index (χ0v) is 21.9. The molecule has 1 aliphatic heterocycles. The van der Waals surface area contributed by atoms with Gasteiger partial charge in [0.1, 0.15) is 0 Å². The van der Waals surface area contributed by atoms with Gasteiger partial charge < -0.3 is 15.0 Å². The number of hydrogen-bond acceptors (Lipinski definition) is 6. The molecule has 1 unspecified atom stereocenters. The van der Waals surface area contributed by atoms with Crippen LogP contribution in [0, 0.1) is 12.8 Å². The maximum absolute atomic E-state index is 13.6. The van der Waals surface area contributed by atoms with Crippen molar-refractivity contribution in [3.05, 3.63) is 89.0 Å². The van der Waals surface area contributed by atoms with Crippen molar-refractivity contribution in [1.29, 1.82) is 0 Å². The number of carbonyl (C=O) groups is 4. The van der Waals surface area contributed by atoms with E-state index in [1.54, 1.807) is 71.9 Å². The zero-order valence-electron chi connectivity index (χ0n) is 21.9. The highest BCUT2D eigenvalue weighted by molar-refractivity contribution is 6.06. The highest BCUT2D eigenvalue weighted by Crippen LogP contribution is 2.28. The van der Waals surface area contributed by atoms with Gasteiger partial charge in [-0.05, 0) is 80.3 Å². The van der Waals surface area contributed by atoms with Gasteiger partial charge in [-0.25, -0.2) is 5.48 Å². The second kappa shape index (κ2) is 12.4. The van der Waals surface area contributed by atoms with Gasteiger partial charge >= 0.3 is 5.97 Å². The lowest BCUT2D eigenvalue weighted by atomic mass is 9.96. The lowest BCUT2D eigenvalue weighted by molar-refractivity contribution is -0.149. The Bertz CT molecular complexity index is 1370. The summed E-state index contributed by atoms with van der Waals surface area (Å²) in [6.07, 6.45) is 1.34. The van der Waals surface area contributed by atoms with Gasteiger partial charge in [0.05, 0.1) is 12.5 Å². The average Bonchev–Trinajstić information content (AvgIpc) is 2.96. The molecule has 202 valence electrons. The van der Waals surface area contributed by atoms with E-state index >= 15 is 0 Å². The standard InChI is InChI=1S/C30H31N3O6/c1-3-39-30(37)23-5-4-14-33(18-23)29(36)25-15-24(20-10-12-22(13-11-20)28(35)32-38)16-26(17-25)31-27(34)21-8-6-19(2)7-9-21/h6-13,15-17,23,38H,3-5,14,18H2,1-2H3,(H,31,34)(H,32,35). The summed E-state index contributed by atoms with van der Waals surface area (Å²) in [5.74, 6) is -1.90. The van der Waals surface area contributed by atoms with Crippen LogP contribution in [0.5, 0.6) is 0 Å². The van der Waals surface area contributed by atoms with Crippen LogP contribution in [0.15, 0.2) is 66.7 Å². The number of aryl methyl sites for hydroxylation is 1. The third-order valence-corrected chi connectivity index (χ3v) is 6.66. The van der Waals surface area contributed by atoms with E-state index in [1.807, 2.05) is 19.1 Å². The molecule has 1 saturated heterocycles. The molecule has 0 spiro atoms. The number of hydrogen-bond donors (Lipinski definition) is 3. The highest BCUT2D eigenvalue weighted by atomic mass is 16.5. The Morgan fingerprint density at radius 3 is 2.23 bits per heavy atom. The van der Waals surface area contributed by atoms with Gasteiger partial charge in [-0.3, -0.25) is 24.4 Å². The van der Waals surface area contributed by atoms with Gasteiger partial charge in [-0.15, -0.1) is 0 Å². The number of benzene rings is 3. The molecule has 1 fully saturated rings. The normalized spacial score (nSPS) is 14.8. The van der Waals surface area contributed by atoms with Crippen molar-refractivity contribution in [2.75, 3.05) is 25.0 Å². The van der Waals surface area contributed by atoms with Gasteiger partial charge in [-0.2, -0.15) is 0 Å². The molecule has 1 heterocycles. The first-order valence-corrected chi connectivity index (χ1v) is 12.8. The van der Waals surface area contributed by atoms with Gasteiger partial charge in [-0.1, -0.05) is 29.8 Å². The summed E-state index contributed by atoms with van der Waals surface area (Å²) in [6.45, 7) is 4.75. The summed E-state index contributed by atoms with van der Waals surface area (Å²) in [5.41, 5.74) is 5.51. The van der Waals surface area contributed by atoms with Crippen molar-refractivity contribution in [1.82, 2.24) is 10.4 Å². The minimum absolute atomic E-state index is 0.257. The topological polar surface area (TPSA) is 125 Å². The molecule has 0 saturated carbocycles.